The van der Waals surface area contributed by atoms with E-state index in [0.717, 1.165) is 17.2 Å². The summed E-state index contributed by atoms with van der Waals surface area (Å²) < 4.78 is 32.5. The predicted octanol–water partition coefficient (Wildman–Crippen LogP) is 4.13. The van der Waals surface area contributed by atoms with Gasteiger partial charge >= 0.3 is 0 Å². The minimum Gasteiger partial charge on any atom is -0.481 e. The van der Waals surface area contributed by atoms with Crippen LogP contribution >= 0.6 is 0 Å². The van der Waals surface area contributed by atoms with Crippen molar-refractivity contribution in [2.75, 3.05) is 0 Å². The van der Waals surface area contributed by atoms with Crippen molar-refractivity contribution in [2.24, 2.45) is 5.73 Å². The zero-order valence-corrected chi connectivity index (χ0v) is 12.1. The second-order valence-corrected chi connectivity index (χ2v) is 5.04. The number of nitrogens with two attached hydrogens (primary N) is 1. The Morgan fingerprint density at radius 2 is 1.86 bits per heavy atom. The van der Waals surface area contributed by atoms with Crippen molar-refractivity contribution in [2.45, 2.75) is 32.4 Å². The highest BCUT2D eigenvalue weighted by Crippen LogP contribution is 2.29. The van der Waals surface area contributed by atoms with Crippen LogP contribution in [0.2, 0.25) is 0 Å². The third kappa shape index (κ3) is 3.58. The van der Waals surface area contributed by atoms with Gasteiger partial charge in [0.15, 0.2) is 11.6 Å². The van der Waals surface area contributed by atoms with Gasteiger partial charge in [-0.3, -0.25) is 0 Å². The molecule has 4 heteroatoms. The number of halogens is 2. The Labute approximate surface area is 123 Å². The largest absolute Gasteiger partial charge is 0.481 e. The predicted molar refractivity (Wildman–Crippen MR) is 79.2 cm³/mol. The molecule has 0 saturated heterocycles. The number of hydrogen-bond donors (Lipinski definition) is 1. The Hall–Kier alpha value is -1.94. The molecule has 21 heavy (non-hydrogen) atoms. The third-order valence-electron chi connectivity index (χ3n) is 3.50. The Bertz CT molecular complexity index is 615. The summed E-state index contributed by atoms with van der Waals surface area (Å²) in [7, 11) is 0. The van der Waals surface area contributed by atoms with Crippen LogP contribution in [0.4, 0.5) is 8.78 Å². The SMILES string of the molecule is CCC(N)C(Oc1ccc(F)cc1F)c1ccccc1C. The molecule has 0 spiro atoms. The Balaban J connectivity index is 2.35. The van der Waals surface area contributed by atoms with Gasteiger partial charge in [0.25, 0.3) is 0 Å². The molecule has 0 heterocycles. The van der Waals surface area contributed by atoms with Gasteiger partial charge in [-0.2, -0.15) is 0 Å². The van der Waals surface area contributed by atoms with Crippen LogP contribution in [0.5, 0.6) is 5.75 Å². The van der Waals surface area contributed by atoms with Gasteiger partial charge in [0.2, 0.25) is 0 Å². The fraction of sp³-hybridized carbons (Fsp3) is 0.294. The summed E-state index contributed by atoms with van der Waals surface area (Å²) in [6.45, 7) is 3.90. The summed E-state index contributed by atoms with van der Waals surface area (Å²) in [6, 6.07) is 10.7. The van der Waals surface area contributed by atoms with E-state index in [2.05, 4.69) is 0 Å². The Kier molecular flexibility index (Phi) is 4.91. The maximum Gasteiger partial charge on any atom is 0.168 e. The van der Waals surface area contributed by atoms with Crippen LogP contribution in [0, 0.1) is 18.6 Å². The summed E-state index contributed by atoms with van der Waals surface area (Å²) in [4.78, 5) is 0. The fourth-order valence-electron chi connectivity index (χ4n) is 2.21. The molecular formula is C17H19F2NO. The van der Waals surface area contributed by atoms with Crippen LogP contribution in [-0.2, 0) is 0 Å². The van der Waals surface area contributed by atoms with E-state index in [-0.39, 0.29) is 11.8 Å². The fourth-order valence-corrected chi connectivity index (χ4v) is 2.21. The molecule has 2 unspecified atom stereocenters. The van der Waals surface area contributed by atoms with E-state index in [1.165, 1.54) is 12.1 Å². The molecule has 2 aromatic rings. The van der Waals surface area contributed by atoms with Crippen molar-refractivity contribution in [1.82, 2.24) is 0 Å². The second-order valence-electron chi connectivity index (χ2n) is 5.04. The highest BCUT2D eigenvalue weighted by atomic mass is 19.1. The molecule has 2 nitrogen and oxygen atoms in total. The topological polar surface area (TPSA) is 35.2 Å². The minimum absolute atomic E-state index is 0.00792. The van der Waals surface area contributed by atoms with E-state index in [9.17, 15) is 8.78 Å². The summed E-state index contributed by atoms with van der Waals surface area (Å²) >= 11 is 0. The molecule has 2 rings (SSSR count). The van der Waals surface area contributed by atoms with E-state index in [4.69, 9.17) is 10.5 Å². The molecule has 0 aliphatic carbocycles. The molecule has 0 radical (unpaired) electrons. The average Bonchev–Trinajstić information content (AvgIpc) is 2.47. The van der Waals surface area contributed by atoms with Crippen LogP contribution < -0.4 is 10.5 Å². The van der Waals surface area contributed by atoms with Gasteiger partial charge < -0.3 is 10.5 Å². The van der Waals surface area contributed by atoms with Gasteiger partial charge in [-0.1, -0.05) is 31.2 Å². The third-order valence-corrected chi connectivity index (χ3v) is 3.50. The van der Waals surface area contributed by atoms with E-state index in [1.54, 1.807) is 0 Å². The van der Waals surface area contributed by atoms with E-state index >= 15 is 0 Å². The molecule has 0 aliphatic rings. The minimum atomic E-state index is -0.725. The first-order valence-electron chi connectivity index (χ1n) is 6.95. The van der Waals surface area contributed by atoms with Crippen LogP contribution in [0.3, 0.4) is 0 Å². The molecule has 0 fully saturated rings. The molecule has 0 aliphatic heterocycles. The van der Waals surface area contributed by atoms with Gasteiger partial charge in [0.05, 0.1) is 0 Å². The summed E-state index contributed by atoms with van der Waals surface area (Å²) in [6.07, 6.45) is 0.207. The van der Waals surface area contributed by atoms with Crippen LogP contribution in [0.15, 0.2) is 42.5 Å². The first-order valence-corrected chi connectivity index (χ1v) is 6.95. The lowest BCUT2D eigenvalue weighted by atomic mass is 9.97. The van der Waals surface area contributed by atoms with Crippen molar-refractivity contribution in [3.8, 4) is 5.75 Å². The van der Waals surface area contributed by atoms with Gasteiger partial charge in [-0.25, -0.2) is 8.78 Å². The van der Waals surface area contributed by atoms with Crippen LogP contribution in [0.25, 0.3) is 0 Å². The van der Waals surface area contributed by atoms with Crippen molar-refractivity contribution in [3.05, 3.63) is 65.2 Å². The highest BCUT2D eigenvalue weighted by Gasteiger charge is 2.23. The zero-order valence-electron chi connectivity index (χ0n) is 12.1. The van der Waals surface area contributed by atoms with E-state index in [1.807, 2.05) is 38.1 Å². The average molecular weight is 291 g/mol. The molecule has 0 saturated carbocycles. The van der Waals surface area contributed by atoms with Crippen LogP contribution in [0.1, 0.15) is 30.6 Å². The Morgan fingerprint density at radius 1 is 1.14 bits per heavy atom. The lowest BCUT2D eigenvalue weighted by Gasteiger charge is -2.26. The van der Waals surface area contributed by atoms with Crippen molar-refractivity contribution in [3.63, 3.8) is 0 Å². The number of benzene rings is 2. The van der Waals surface area contributed by atoms with Crippen molar-refractivity contribution >= 4 is 0 Å². The summed E-state index contributed by atoms with van der Waals surface area (Å²) in [5.74, 6) is -1.35. The molecule has 0 aromatic heterocycles. The summed E-state index contributed by atoms with van der Waals surface area (Å²) in [5.41, 5.74) is 8.06. The van der Waals surface area contributed by atoms with Crippen LogP contribution in [-0.4, -0.2) is 6.04 Å². The second kappa shape index (κ2) is 6.68. The van der Waals surface area contributed by atoms with E-state index < -0.39 is 17.7 Å². The molecular weight excluding hydrogens is 272 g/mol. The maximum atomic E-state index is 13.8. The molecule has 0 bridgehead atoms. The van der Waals surface area contributed by atoms with E-state index in [0.29, 0.717) is 6.42 Å². The molecule has 2 N–H and O–H groups in total. The first-order chi connectivity index (χ1) is 10.0. The normalized spacial score (nSPS) is 13.8. The number of aryl methyl sites for hydroxylation is 1. The molecule has 0 amide bonds. The quantitative estimate of drug-likeness (QED) is 0.899. The molecule has 2 aromatic carbocycles. The van der Waals surface area contributed by atoms with Gasteiger partial charge in [0.1, 0.15) is 11.9 Å². The first kappa shape index (κ1) is 15.4. The lowest BCUT2D eigenvalue weighted by molar-refractivity contribution is 0.163. The summed E-state index contributed by atoms with van der Waals surface area (Å²) in [5, 5.41) is 0. The van der Waals surface area contributed by atoms with Gasteiger partial charge in [-0.05, 0) is 36.6 Å². The highest BCUT2D eigenvalue weighted by molar-refractivity contribution is 5.31. The molecule has 2 atom stereocenters. The lowest BCUT2D eigenvalue weighted by Crippen LogP contribution is -2.32. The standard InChI is InChI=1S/C17H19F2NO/c1-3-15(20)17(13-7-5-4-6-11(13)2)21-16-9-8-12(18)10-14(16)19/h4-10,15,17H,3,20H2,1-2H3. The van der Waals surface area contributed by atoms with Crippen molar-refractivity contribution < 1.29 is 13.5 Å². The number of ether oxygens (including phenoxy) is 1. The monoisotopic (exact) mass is 291 g/mol. The Morgan fingerprint density at radius 3 is 2.48 bits per heavy atom. The van der Waals surface area contributed by atoms with Crippen molar-refractivity contribution in [1.29, 1.82) is 0 Å². The van der Waals surface area contributed by atoms with Gasteiger partial charge in [0, 0.05) is 12.1 Å². The molecule has 112 valence electrons. The number of rotatable bonds is 5. The zero-order chi connectivity index (χ0) is 15.4. The van der Waals surface area contributed by atoms with Gasteiger partial charge in [-0.15, -0.1) is 0 Å². The number of hydrogen-bond acceptors (Lipinski definition) is 2. The maximum absolute atomic E-state index is 13.8. The smallest absolute Gasteiger partial charge is 0.168 e.